The van der Waals surface area contributed by atoms with Crippen LogP contribution in [0, 0.1) is 0 Å². The van der Waals surface area contributed by atoms with E-state index in [4.69, 9.17) is 10.5 Å². The number of ether oxygens (including phenoxy) is 1. The van der Waals surface area contributed by atoms with E-state index in [0.717, 1.165) is 20.9 Å². The zero-order valence-corrected chi connectivity index (χ0v) is 23.7. The average molecular weight is 584 g/mol. The third kappa shape index (κ3) is 6.96. The minimum absolute atomic E-state index is 0.0103. The van der Waals surface area contributed by atoms with Gasteiger partial charge in [-0.3, -0.25) is 9.59 Å². The summed E-state index contributed by atoms with van der Waals surface area (Å²) in [6.07, 6.45) is -1.31. The first kappa shape index (κ1) is 28.8. The fraction of sp³-hybridized carbons (Fsp3) is 0.219. The summed E-state index contributed by atoms with van der Waals surface area (Å²) >= 11 is 1.60. The van der Waals surface area contributed by atoms with E-state index in [1.807, 2.05) is 60.0 Å². The van der Waals surface area contributed by atoms with Crippen molar-refractivity contribution in [2.75, 3.05) is 37.4 Å². The van der Waals surface area contributed by atoms with Gasteiger partial charge < -0.3 is 35.5 Å². The first-order chi connectivity index (χ1) is 20.4. The molecule has 216 valence electrons. The largest absolute Gasteiger partial charge is 0.530 e. The molecule has 0 radical (unpaired) electrons. The van der Waals surface area contributed by atoms with Gasteiger partial charge in [0.2, 0.25) is 5.91 Å². The smallest absolute Gasteiger partial charge is 0.255 e. The highest BCUT2D eigenvalue weighted by Crippen LogP contribution is 2.30. The number of anilines is 2. The fourth-order valence-corrected chi connectivity index (χ4v) is 5.60. The lowest BCUT2D eigenvalue weighted by molar-refractivity contribution is -0.268. The van der Waals surface area contributed by atoms with E-state index < -0.39 is 12.1 Å². The number of carbonyl (C=O) groups excluding carboxylic acids is 3. The van der Waals surface area contributed by atoms with Gasteiger partial charge in [-0.15, -0.1) is 11.3 Å². The minimum atomic E-state index is -1.43. The maximum absolute atomic E-state index is 13.6. The van der Waals surface area contributed by atoms with E-state index in [2.05, 4.69) is 5.32 Å². The number of hydrogen-bond acceptors (Lipinski definition) is 7. The van der Waals surface area contributed by atoms with E-state index in [1.54, 1.807) is 46.6 Å². The number of morpholine rings is 1. The molecule has 0 spiro atoms. The Hall–Kier alpha value is -4.67. The van der Waals surface area contributed by atoms with Gasteiger partial charge in [-0.2, -0.15) is 0 Å². The van der Waals surface area contributed by atoms with Gasteiger partial charge in [0, 0.05) is 36.5 Å². The zero-order chi connectivity index (χ0) is 29.5. The molecule has 0 unspecified atom stereocenters. The zero-order valence-electron chi connectivity index (χ0n) is 22.9. The number of nitrogens with one attached hydrogen (secondary N) is 1. The normalized spacial score (nSPS) is 13.8. The lowest BCUT2D eigenvalue weighted by atomic mass is 10.0. The molecule has 4 aromatic rings. The van der Waals surface area contributed by atoms with Gasteiger partial charge in [0.1, 0.15) is 12.1 Å². The number of nitrogen functional groups attached to an aromatic ring is 1. The number of nitrogens with zero attached hydrogens (tertiary/aromatic N) is 2. The summed E-state index contributed by atoms with van der Waals surface area (Å²) in [5.41, 5.74) is 9.90. The predicted molar refractivity (Wildman–Crippen MR) is 161 cm³/mol. The summed E-state index contributed by atoms with van der Waals surface area (Å²) in [5.74, 6) is -0.640. The summed E-state index contributed by atoms with van der Waals surface area (Å²) in [4.78, 5) is 42.8. The van der Waals surface area contributed by atoms with Crippen LogP contribution in [0.2, 0.25) is 0 Å². The van der Waals surface area contributed by atoms with Crippen molar-refractivity contribution in [1.29, 1.82) is 0 Å². The number of hydrogen-bond donors (Lipinski definition) is 2. The Morgan fingerprint density at radius 2 is 1.69 bits per heavy atom. The molecule has 1 saturated heterocycles. The SMILES string of the molecule is Nc1ccc(-c2cccs2)cc1NC(=O)c1ccc(C[C@@H](C(=O)N2CCOCC2)N(Cc2ccccc2)C(=O)[O-])cc1. The molecular weight excluding hydrogens is 552 g/mol. The molecule has 9 nitrogen and oxygen atoms in total. The molecule has 42 heavy (non-hydrogen) atoms. The van der Waals surface area contributed by atoms with E-state index in [9.17, 15) is 19.5 Å². The summed E-state index contributed by atoms with van der Waals surface area (Å²) in [6.45, 7) is 1.57. The van der Waals surface area contributed by atoms with Crippen molar-refractivity contribution in [3.05, 3.63) is 107 Å². The molecule has 3 N–H and O–H groups in total. The van der Waals surface area contributed by atoms with Crippen LogP contribution >= 0.6 is 11.3 Å². The number of benzene rings is 3. The molecule has 2 heterocycles. The van der Waals surface area contributed by atoms with Crippen LogP contribution in [0.15, 0.2) is 90.3 Å². The number of nitrogens with two attached hydrogens (primary N) is 1. The number of thiophene rings is 1. The molecule has 1 aromatic heterocycles. The molecule has 1 aliphatic rings. The van der Waals surface area contributed by atoms with Crippen LogP contribution < -0.4 is 16.2 Å². The summed E-state index contributed by atoms with van der Waals surface area (Å²) < 4.78 is 5.38. The highest BCUT2D eigenvalue weighted by atomic mass is 32.1. The van der Waals surface area contributed by atoms with Crippen molar-refractivity contribution in [3.63, 3.8) is 0 Å². The van der Waals surface area contributed by atoms with Crippen LogP contribution in [0.5, 0.6) is 0 Å². The predicted octanol–water partition coefficient (Wildman–Crippen LogP) is 3.87. The standard InChI is InChI=1S/C32H32N4O5S/c33-26-13-12-25(29-7-4-18-42-29)20-27(26)34-30(37)24-10-8-22(9-11-24)19-28(31(38)35-14-16-41-17-15-35)36(32(39)40)21-23-5-2-1-3-6-23/h1-13,18,20,28H,14-17,19,21,33H2,(H,34,37)(H,39,40)/p-1/t28-/m0/s1. The monoisotopic (exact) mass is 583 g/mol. The molecule has 0 aliphatic carbocycles. The van der Waals surface area contributed by atoms with E-state index in [0.29, 0.717) is 48.8 Å². The molecule has 10 heteroatoms. The summed E-state index contributed by atoms with van der Waals surface area (Å²) in [5, 5.41) is 17.2. The molecule has 0 saturated carbocycles. The van der Waals surface area contributed by atoms with Crippen molar-refractivity contribution in [1.82, 2.24) is 9.80 Å². The maximum Gasteiger partial charge on any atom is 0.255 e. The molecule has 5 rings (SSSR count). The van der Waals surface area contributed by atoms with Crippen molar-refractivity contribution in [2.45, 2.75) is 19.0 Å². The Balaban J connectivity index is 1.34. The second-order valence-corrected chi connectivity index (χ2v) is 10.9. The third-order valence-corrected chi connectivity index (χ3v) is 8.09. The number of carbonyl (C=O) groups is 3. The molecule has 1 fully saturated rings. The van der Waals surface area contributed by atoms with Gasteiger partial charge in [-0.25, -0.2) is 0 Å². The van der Waals surface area contributed by atoms with E-state index in [-0.39, 0.29) is 24.8 Å². The van der Waals surface area contributed by atoms with Crippen LogP contribution in [0.1, 0.15) is 21.5 Å². The topological polar surface area (TPSA) is 128 Å². The first-order valence-electron chi connectivity index (χ1n) is 13.6. The molecule has 0 bridgehead atoms. The van der Waals surface area contributed by atoms with Crippen LogP contribution in [0.4, 0.5) is 16.2 Å². The molecule has 1 aliphatic heterocycles. The second kappa shape index (κ2) is 13.3. The van der Waals surface area contributed by atoms with Crippen molar-refractivity contribution >= 4 is 40.6 Å². The van der Waals surface area contributed by atoms with Gasteiger partial charge in [0.15, 0.2) is 0 Å². The lowest BCUT2D eigenvalue weighted by Gasteiger charge is -2.37. The van der Waals surface area contributed by atoms with Gasteiger partial charge in [0.05, 0.1) is 24.6 Å². The van der Waals surface area contributed by atoms with Crippen LogP contribution in [-0.4, -0.2) is 60.1 Å². The van der Waals surface area contributed by atoms with Crippen molar-refractivity contribution < 1.29 is 24.2 Å². The quantitative estimate of drug-likeness (QED) is 0.288. The van der Waals surface area contributed by atoms with E-state index in [1.165, 1.54) is 0 Å². The molecular formula is C32H31N4O5S-. The number of carboxylic acid groups (broad SMARTS) is 1. The highest BCUT2D eigenvalue weighted by Gasteiger charge is 2.31. The minimum Gasteiger partial charge on any atom is -0.530 e. The Kier molecular flexibility index (Phi) is 9.15. The number of rotatable bonds is 9. The Morgan fingerprint density at radius 1 is 0.952 bits per heavy atom. The lowest BCUT2D eigenvalue weighted by Crippen LogP contribution is -2.56. The van der Waals surface area contributed by atoms with Crippen LogP contribution in [0.3, 0.4) is 0 Å². The Morgan fingerprint density at radius 3 is 2.36 bits per heavy atom. The van der Waals surface area contributed by atoms with Crippen molar-refractivity contribution in [2.24, 2.45) is 0 Å². The van der Waals surface area contributed by atoms with Crippen LogP contribution in [0.25, 0.3) is 10.4 Å². The molecule has 3 amide bonds. The van der Waals surface area contributed by atoms with Gasteiger partial charge >= 0.3 is 0 Å². The second-order valence-electron chi connectivity index (χ2n) is 9.97. The Labute approximate surface area is 248 Å². The number of amides is 3. The molecule has 1 atom stereocenters. The van der Waals surface area contributed by atoms with Crippen molar-refractivity contribution in [3.8, 4) is 10.4 Å². The van der Waals surface area contributed by atoms with E-state index >= 15 is 0 Å². The van der Waals surface area contributed by atoms with Gasteiger partial charge in [-0.05, 0) is 52.4 Å². The van der Waals surface area contributed by atoms with Crippen LogP contribution in [-0.2, 0) is 22.5 Å². The fourth-order valence-electron chi connectivity index (χ4n) is 4.88. The Bertz CT molecular complexity index is 1520. The average Bonchev–Trinajstić information content (AvgIpc) is 3.56. The third-order valence-electron chi connectivity index (χ3n) is 7.17. The molecule has 3 aromatic carbocycles. The van der Waals surface area contributed by atoms with Gasteiger partial charge in [-0.1, -0.05) is 54.6 Å². The summed E-state index contributed by atoms with van der Waals surface area (Å²) in [6, 6.07) is 24.3. The highest BCUT2D eigenvalue weighted by molar-refractivity contribution is 7.13. The maximum atomic E-state index is 13.6. The van der Waals surface area contributed by atoms with Gasteiger partial charge in [0.25, 0.3) is 5.91 Å². The first-order valence-corrected chi connectivity index (χ1v) is 14.5. The summed E-state index contributed by atoms with van der Waals surface area (Å²) in [7, 11) is 0.